The minimum atomic E-state index is -1.02. The van der Waals surface area contributed by atoms with Crippen LogP contribution in [0.2, 0.25) is 0 Å². The first-order valence-electron chi connectivity index (χ1n) is 16.9. The molecule has 3 aromatic rings. The number of aliphatic hydroxyl groups is 1. The van der Waals surface area contributed by atoms with Crippen molar-refractivity contribution in [3.63, 3.8) is 0 Å². The summed E-state index contributed by atoms with van der Waals surface area (Å²) < 4.78 is 22.6. The smallest absolute Gasteiger partial charge is 0.223 e. The summed E-state index contributed by atoms with van der Waals surface area (Å²) in [5.74, 6) is 3.93. The van der Waals surface area contributed by atoms with Crippen molar-refractivity contribution in [3.05, 3.63) is 89.5 Å². The van der Waals surface area contributed by atoms with Crippen LogP contribution in [-0.2, 0) is 46.4 Å². The highest BCUT2D eigenvalue weighted by atomic mass is 32.2. The number of ether oxygens (including phenoxy) is 2. The van der Waals surface area contributed by atoms with Gasteiger partial charge in [0.2, 0.25) is 11.8 Å². The minimum absolute atomic E-state index is 0.0486. The molecule has 3 aliphatic heterocycles. The number of aliphatic hydroxyl groups excluding tert-OH is 1. The summed E-state index contributed by atoms with van der Waals surface area (Å²) >= 11 is 3.58. The monoisotopic (exact) mass is 737 g/mol. The predicted molar refractivity (Wildman–Crippen MR) is 201 cm³/mol. The van der Waals surface area contributed by atoms with E-state index >= 15 is 0 Å². The summed E-state index contributed by atoms with van der Waals surface area (Å²) in [6.45, 7) is 9.48. The molecule has 268 valence electrons. The fourth-order valence-corrected chi connectivity index (χ4v) is 9.40. The molecular weight excluding hydrogens is 691 g/mol. The van der Waals surface area contributed by atoms with Crippen LogP contribution < -0.4 is 9.47 Å². The van der Waals surface area contributed by atoms with Crippen molar-refractivity contribution in [2.75, 3.05) is 51.1 Å². The molecule has 0 aromatic heterocycles. The van der Waals surface area contributed by atoms with Crippen molar-refractivity contribution in [2.45, 2.75) is 66.7 Å². The number of thioether (sulfide) groups is 2. The van der Waals surface area contributed by atoms with Gasteiger partial charge >= 0.3 is 0 Å². The Morgan fingerprint density at radius 2 is 1.40 bits per heavy atom. The van der Waals surface area contributed by atoms with Crippen LogP contribution in [0, 0.1) is 0 Å². The highest BCUT2D eigenvalue weighted by molar-refractivity contribution is 7.99. The van der Waals surface area contributed by atoms with Crippen molar-refractivity contribution in [1.29, 1.82) is 0 Å². The summed E-state index contributed by atoms with van der Waals surface area (Å²) in [5, 5.41) is 9.82. The second kappa shape index (κ2) is 18.3. The Bertz CT molecular complexity index is 1620. The molecule has 0 saturated heterocycles. The maximum absolute atomic E-state index is 13.0. The molecule has 2 atom stereocenters. The van der Waals surface area contributed by atoms with E-state index in [0.29, 0.717) is 38.5 Å². The number of benzene rings is 3. The largest absolute Gasteiger partial charge is 0.497 e. The van der Waals surface area contributed by atoms with Gasteiger partial charge in [-0.25, -0.2) is 0 Å². The lowest BCUT2D eigenvalue weighted by Crippen LogP contribution is -2.35. The molecule has 3 aliphatic rings. The highest BCUT2D eigenvalue weighted by Gasteiger charge is 2.25. The van der Waals surface area contributed by atoms with Gasteiger partial charge in [0.15, 0.2) is 0 Å². The molecule has 0 fully saturated rings. The average Bonchev–Trinajstić information content (AvgIpc) is 3.57. The molecule has 0 saturated carbocycles. The molecule has 0 radical (unpaired) electrons. The van der Waals surface area contributed by atoms with Crippen LogP contribution in [0.4, 0.5) is 0 Å². The number of carbonyl (C=O) groups excluding carboxylic acids is 2. The Morgan fingerprint density at radius 1 is 0.840 bits per heavy atom. The maximum Gasteiger partial charge on any atom is 0.223 e. The van der Waals surface area contributed by atoms with Crippen LogP contribution in [0.5, 0.6) is 11.5 Å². The zero-order chi connectivity index (χ0) is 35.6. The number of hydrogen-bond donors (Lipinski definition) is 1. The topological polar surface area (TPSA) is 99.6 Å². The van der Waals surface area contributed by atoms with Gasteiger partial charge in [0.05, 0.1) is 25.0 Å². The van der Waals surface area contributed by atoms with Crippen LogP contribution in [0.3, 0.4) is 0 Å². The standard InChI is InChI=1S/C25H30N2O3S2.C13H17NO3S/c1-3-18-4-6-22-19(14-18)16-26(10-12-31-22)24(28)8-9-25(29)27-11-13-32-23-7-5-21(30-2)15-20(23)17-27;1-3-13(15)14-6-7-18(16)12-5-4-11(17-2)8-10(12)9-14/h4-7,14-15H,3,8-13,16-17H2,1-2H3;3-5,8,13,15H,1,6-7,9H2,2H3. The SMILES string of the molecule is C=CC(O)N1CCS(=O)c2ccc(OC)cc2C1.CCc1ccc2c(c1)CN(C(=O)CCC(=O)N1CCSc3ccc(OC)cc3C1)CCS2. The quantitative estimate of drug-likeness (QED) is 0.291. The van der Waals surface area contributed by atoms with Gasteiger partial charge in [-0.1, -0.05) is 25.6 Å². The number of carbonyl (C=O) groups is 2. The third-order valence-corrected chi connectivity index (χ3v) is 12.7. The highest BCUT2D eigenvalue weighted by Crippen LogP contribution is 2.32. The molecular formula is C38H47N3O6S3. The van der Waals surface area contributed by atoms with Crippen molar-refractivity contribution in [2.24, 2.45) is 0 Å². The van der Waals surface area contributed by atoms with E-state index in [1.807, 2.05) is 56.8 Å². The summed E-state index contributed by atoms with van der Waals surface area (Å²) in [4.78, 5) is 34.9. The number of amides is 2. The summed E-state index contributed by atoms with van der Waals surface area (Å²) in [7, 11) is 2.23. The molecule has 12 heteroatoms. The van der Waals surface area contributed by atoms with Crippen molar-refractivity contribution in [1.82, 2.24) is 14.7 Å². The fourth-order valence-electron chi connectivity index (χ4n) is 6.13. The number of fused-ring (bicyclic) bond motifs is 3. The Kier molecular flexibility index (Phi) is 13.9. The van der Waals surface area contributed by atoms with E-state index in [-0.39, 0.29) is 24.7 Å². The zero-order valence-electron chi connectivity index (χ0n) is 29.1. The first-order valence-corrected chi connectivity index (χ1v) is 20.2. The van der Waals surface area contributed by atoms with Gasteiger partial charge in [-0.15, -0.1) is 23.5 Å². The Hall–Kier alpha value is -3.29. The van der Waals surface area contributed by atoms with E-state index in [1.54, 1.807) is 26.0 Å². The van der Waals surface area contributed by atoms with Crippen LogP contribution in [0.25, 0.3) is 0 Å². The van der Waals surface area contributed by atoms with E-state index < -0.39 is 17.0 Å². The minimum Gasteiger partial charge on any atom is -0.497 e. The molecule has 6 rings (SSSR count). The van der Waals surface area contributed by atoms with E-state index in [4.69, 9.17) is 9.47 Å². The van der Waals surface area contributed by atoms with E-state index in [9.17, 15) is 18.9 Å². The lowest BCUT2D eigenvalue weighted by Gasteiger charge is -2.23. The number of rotatable bonds is 8. The molecule has 3 heterocycles. The summed E-state index contributed by atoms with van der Waals surface area (Å²) in [6.07, 6.45) is 2.28. The van der Waals surface area contributed by atoms with Crippen molar-refractivity contribution >= 4 is 46.1 Å². The van der Waals surface area contributed by atoms with Crippen molar-refractivity contribution < 1.29 is 28.4 Å². The number of aryl methyl sites for hydroxylation is 1. The average molecular weight is 738 g/mol. The summed E-state index contributed by atoms with van der Waals surface area (Å²) in [5.41, 5.74) is 4.57. The fraction of sp³-hybridized carbons (Fsp3) is 0.421. The lowest BCUT2D eigenvalue weighted by molar-refractivity contribution is -0.137. The number of hydrogen-bond acceptors (Lipinski definition) is 9. The molecule has 1 N–H and O–H groups in total. The molecule has 2 unspecified atom stereocenters. The van der Waals surface area contributed by atoms with Gasteiger partial charge in [0.1, 0.15) is 17.7 Å². The van der Waals surface area contributed by atoms with Crippen LogP contribution in [0.1, 0.15) is 42.0 Å². The molecule has 3 aromatic carbocycles. The van der Waals surface area contributed by atoms with Gasteiger partial charge in [-0.3, -0.25) is 18.7 Å². The van der Waals surface area contributed by atoms with E-state index in [1.165, 1.54) is 27.0 Å². The van der Waals surface area contributed by atoms with Gasteiger partial charge in [-0.05, 0) is 77.2 Å². The Balaban J connectivity index is 0.000000228. The predicted octanol–water partition coefficient (Wildman–Crippen LogP) is 5.73. The van der Waals surface area contributed by atoms with Crippen LogP contribution in [0.15, 0.2) is 81.9 Å². The van der Waals surface area contributed by atoms with Gasteiger partial charge in [-0.2, -0.15) is 0 Å². The van der Waals surface area contributed by atoms with Gasteiger partial charge in [0.25, 0.3) is 0 Å². The van der Waals surface area contributed by atoms with Crippen molar-refractivity contribution in [3.8, 4) is 11.5 Å². The van der Waals surface area contributed by atoms with Gasteiger partial charge in [0, 0.05) is 84.1 Å². The molecule has 50 heavy (non-hydrogen) atoms. The molecule has 0 spiro atoms. The Labute approximate surface area is 306 Å². The number of nitrogens with zero attached hydrogens (tertiary/aromatic N) is 3. The van der Waals surface area contributed by atoms with Crippen LogP contribution >= 0.6 is 23.5 Å². The van der Waals surface area contributed by atoms with Crippen LogP contribution in [-0.4, -0.2) is 93.2 Å². The third-order valence-electron chi connectivity index (χ3n) is 9.05. The maximum atomic E-state index is 13.0. The molecule has 0 bridgehead atoms. The number of methoxy groups -OCH3 is 2. The second-order valence-corrected chi connectivity index (χ2v) is 16.1. The van der Waals surface area contributed by atoms with E-state index in [0.717, 1.165) is 52.0 Å². The van der Waals surface area contributed by atoms with Gasteiger partial charge < -0.3 is 24.4 Å². The lowest BCUT2D eigenvalue weighted by atomic mass is 10.1. The second-order valence-electron chi connectivity index (χ2n) is 12.2. The molecule has 2 amide bonds. The zero-order valence-corrected chi connectivity index (χ0v) is 31.5. The molecule has 9 nitrogen and oxygen atoms in total. The van der Waals surface area contributed by atoms with E-state index in [2.05, 4.69) is 37.8 Å². The third kappa shape index (κ3) is 9.73. The first kappa shape index (κ1) is 38.0. The Morgan fingerprint density at radius 3 is 1.98 bits per heavy atom. The molecule has 0 aliphatic carbocycles. The first-order chi connectivity index (χ1) is 24.2. The normalized spacial score (nSPS) is 18.0. The summed E-state index contributed by atoms with van der Waals surface area (Å²) in [6, 6.07) is 18.1.